The summed E-state index contributed by atoms with van der Waals surface area (Å²) in [5, 5.41) is 1.28. The zero-order valence-corrected chi connectivity index (χ0v) is 18.3. The fraction of sp³-hybridized carbons (Fsp3) is 0.200. The fourth-order valence-electron chi connectivity index (χ4n) is 2.36. The van der Waals surface area contributed by atoms with Crippen LogP contribution < -0.4 is 14.9 Å². The van der Waals surface area contributed by atoms with Gasteiger partial charge in [0.2, 0.25) is 11.2 Å². The molecular weight excluding hydrogens is 451 g/mol. The van der Waals surface area contributed by atoms with Crippen molar-refractivity contribution in [2.75, 3.05) is 6.61 Å². The van der Waals surface area contributed by atoms with Crippen molar-refractivity contribution in [3.05, 3.63) is 74.0 Å². The fourth-order valence-corrected chi connectivity index (χ4v) is 3.67. The van der Waals surface area contributed by atoms with Crippen LogP contribution in [0.3, 0.4) is 0 Å². The second-order valence-electron chi connectivity index (χ2n) is 6.13. The standard InChI is InChI=1S/C20H16Cl2N2O5S/c1-11-5-12(2)24-20(23-11)30-10-14-7-16(25)18(8-27-14)29-19(26)9-28-17-4-3-13(21)6-15(17)22/h3-8H,9-10H2,1-2H3. The highest BCUT2D eigenvalue weighted by atomic mass is 35.5. The molecular formula is C20H16Cl2N2O5S. The van der Waals surface area contributed by atoms with E-state index in [2.05, 4.69) is 9.97 Å². The number of hydrogen-bond donors (Lipinski definition) is 0. The Hall–Kier alpha value is -2.55. The molecule has 3 aromatic rings. The third-order valence-corrected chi connectivity index (χ3v) is 5.02. The quantitative estimate of drug-likeness (QED) is 0.282. The van der Waals surface area contributed by atoms with Crippen LogP contribution in [0.25, 0.3) is 0 Å². The number of carbonyl (C=O) groups is 1. The Morgan fingerprint density at radius 3 is 2.50 bits per heavy atom. The molecule has 0 N–H and O–H groups in total. The van der Waals surface area contributed by atoms with E-state index >= 15 is 0 Å². The predicted molar refractivity (Wildman–Crippen MR) is 114 cm³/mol. The van der Waals surface area contributed by atoms with Crippen LogP contribution >= 0.6 is 35.0 Å². The Labute approximate surface area is 186 Å². The lowest BCUT2D eigenvalue weighted by Crippen LogP contribution is -2.21. The number of aromatic nitrogens is 2. The van der Waals surface area contributed by atoms with Gasteiger partial charge in [0, 0.05) is 22.5 Å². The first-order valence-corrected chi connectivity index (χ1v) is 10.4. The number of thioether (sulfide) groups is 1. The number of halogens is 2. The molecule has 10 heteroatoms. The maximum Gasteiger partial charge on any atom is 0.349 e. The Bertz CT molecular complexity index is 1120. The highest BCUT2D eigenvalue weighted by Crippen LogP contribution is 2.27. The molecule has 0 saturated heterocycles. The molecule has 156 valence electrons. The van der Waals surface area contributed by atoms with Gasteiger partial charge in [-0.2, -0.15) is 0 Å². The lowest BCUT2D eigenvalue weighted by atomic mass is 10.3. The van der Waals surface area contributed by atoms with Crippen LogP contribution in [0.1, 0.15) is 17.1 Å². The van der Waals surface area contributed by atoms with Crippen LogP contribution in [0.5, 0.6) is 11.5 Å². The van der Waals surface area contributed by atoms with Gasteiger partial charge in [0.05, 0.1) is 10.8 Å². The van der Waals surface area contributed by atoms with Crippen molar-refractivity contribution in [3.63, 3.8) is 0 Å². The number of ether oxygens (including phenoxy) is 2. The predicted octanol–water partition coefficient (Wildman–Crippen LogP) is 4.63. The van der Waals surface area contributed by atoms with Crippen molar-refractivity contribution < 1.29 is 18.7 Å². The number of benzene rings is 1. The molecule has 0 saturated carbocycles. The van der Waals surface area contributed by atoms with Gasteiger partial charge in [-0.25, -0.2) is 14.8 Å². The van der Waals surface area contributed by atoms with Gasteiger partial charge >= 0.3 is 5.97 Å². The minimum absolute atomic E-state index is 0.234. The zero-order chi connectivity index (χ0) is 21.7. The van der Waals surface area contributed by atoms with Gasteiger partial charge in [-0.1, -0.05) is 35.0 Å². The summed E-state index contributed by atoms with van der Waals surface area (Å²) in [6.45, 7) is 3.32. The number of carbonyl (C=O) groups excluding carboxylic acids is 1. The van der Waals surface area contributed by atoms with E-state index in [-0.39, 0.29) is 16.5 Å². The number of esters is 1. The molecule has 0 atom stereocenters. The summed E-state index contributed by atoms with van der Waals surface area (Å²) < 4.78 is 15.7. The molecule has 0 unspecified atom stereocenters. The Balaban J connectivity index is 1.56. The first-order chi connectivity index (χ1) is 14.3. The average Bonchev–Trinajstić information content (AvgIpc) is 2.67. The lowest BCUT2D eigenvalue weighted by molar-refractivity contribution is -0.136. The van der Waals surface area contributed by atoms with Crippen molar-refractivity contribution in [2.24, 2.45) is 0 Å². The van der Waals surface area contributed by atoms with E-state index in [1.807, 2.05) is 19.9 Å². The molecule has 0 aliphatic heterocycles. The van der Waals surface area contributed by atoms with E-state index in [1.165, 1.54) is 30.0 Å². The molecule has 0 fully saturated rings. The minimum atomic E-state index is -0.779. The molecule has 0 bridgehead atoms. The van der Waals surface area contributed by atoms with Gasteiger partial charge in [0.15, 0.2) is 11.8 Å². The van der Waals surface area contributed by atoms with Crippen molar-refractivity contribution in [2.45, 2.75) is 24.8 Å². The van der Waals surface area contributed by atoms with Gasteiger partial charge in [0.25, 0.3) is 0 Å². The second-order valence-corrected chi connectivity index (χ2v) is 7.92. The van der Waals surface area contributed by atoms with E-state index in [1.54, 1.807) is 6.07 Å². The van der Waals surface area contributed by atoms with Gasteiger partial charge in [-0.3, -0.25) is 4.79 Å². The van der Waals surface area contributed by atoms with Crippen LogP contribution in [-0.4, -0.2) is 22.5 Å². The van der Waals surface area contributed by atoms with E-state index < -0.39 is 18.0 Å². The van der Waals surface area contributed by atoms with Gasteiger partial charge < -0.3 is 13.9 Å². The van der Waals surface area contributed by atoms with Gasteiger partial charge in [-0.05, 0) is 38.1 Å². The smallest absolute Gasteiger partial charge is 0.349 e. The first-order valence-electron chi connectivity index (χ1n) is 8.65. The number of hydrogen-bond acceptors (Lipinski definition) is 8. The maximum atomic E-state index is 12.2. The van der Waals surface area contributed by atoms with E-state index in [4.69, 9.17) is 37.1 Å². The summed E-state index contributed by atoms with van der Waals surface area (Å²) in [5.41, 5.74) is 1.22. The molecule has 0 spiro atoms. The third kappa shape index (κ3) is 6.22. The molecule has 2 aromatic heterocycles. The molecule has 0 aliphatic carbocycles. The maximum absolute atomic E-state index is 12.2. The summed E-state index contributed by atoms with van der Waals surface area (Å²) in [6.07, 6.45) is 1.09. The van der Waals surface area contributed by atoms with Crippen molar-refractivity contribution >= 4 is 40.9 Å². The van der Waals surface area contributed by atoms with Crippen LogP contribution in [0.15, 0.2) is 51.0 Å². The molecule has 0 aliphatic rings. The number of nitrogens with zero attached hydrogens (tertiary/aromatic N) is 2. The normalized spacial score (nSPS) is 10.7. The van der Waals surface area contributed by atoms with Crippen LogP contribution in [-0.2, 0) is 10.5 Å². The van der Waals surface area contributed by atoms with E-state index in [0.29, 0.717) is 21.7 Å². The topological polar surface area (TPSA) is 91.5 Å². The molecule has 2 heterocycles. The Morgan fingerprint density at radius 2 is 1.83 bits per heavy atom. The molecule has 0 amide bonds. The average molecular weight is 467 g/mol. The molecule has 7 nitrogen and oxygen atoms in total. The number of aryl methyl sites for hydroxylation is 2. The summed E-state index contributed by atoms with van der Waals surface area (Å²) in [7, 11) is 0. The Morgan fingerprint density at radius 1 is 1.10 bits per heavy atom. The molecule has 30 heavy (non-hydrogen) atoms. The summed E-state index contributed by atoms with van der Waals surface area (Å²) in [4.78, 5) is 32.8. The minimum Gasteiger partial charge on any atom is -0.480 e. The summed E-state index contributed by atoms with van der Waals surface area (Å²) >= 11 is 13.1. The van der Waals surface area contributed by atoms with Crippen LogP contribution in [0.2, 0.25) is 10.0 Å². The molecule has 3 rings (SSSR count). The lowest BCUT2D eigenvalue weighted by Gasteiger charge is -2.08. The molecule has 1 aromatic carbocycles. The van der Waals surface area contributed by atoms with E-state index in [9.17, 15) is 9.59 Å². The Kier molecular flexibility index (Phi) is 7.36. The molecule has 0 radical (unpaired) electrons. The summed E-state index contributed by atoms with van der Waals surface area (Å²) in [5.74, 6) is 0.00826. The van der Waals surface area contributed by atoms with Crippen molar-refractivity contribution in [1.29, 1.82) is 0 Å². The highest BCUT2D eigenvalue weighted by molar-refractivity contribution is 7.98. The van der Waals surface area contributed by atoms with Crippen LogP contribution in [0, 0.1) is 13.8 Å². The zero-order valence-electron chi connectivity index (χ0n) is 16.0. The monoisotopic (exact) mass is 466 g/mol. The van der Waals surface area contributed by atoms with Gasteiger partial charge in [-0.15, -0.1) is 0 Å². The highest BCUT2D eigenvalue weighted by Gasteiger charge is 2.13. The van der Waals surface area contributed by atoms with Gasteiger partial charge in [0.1, 0.15) is 17.8 Å². The van der Waals surface area contributed by atoms with Crippen molar-refractivity contribution in [3.8, 4) is 11.5 Å². The second kappa shape index (κ2) is 9.97. The number of rotatable bonds is 7. The largest absolute Gasteiger partial charge is 0.480 e. The van der Waals surface area contributed by atoms with E-state index in [0.717, 1.165) is 17.7 Å². The van der Waals surface area contributed by atoms with Crippen molar-refractivity contribution in [1.82, 2.24) is 9.97 Å². The summed E-state index contributed by atoms with van der Waals surface area (Å²) in [6, 6.07) is 7.71. The third-order valence-electron chi connectivity index (χ3n) is 3.62. The first kappa shape index (κ1) is 22.1. The SMILES string of the molecule is Cc1cc(C)nc(SCc2cc(=O)c(OC(=O)COc3ccc(Cl)cc3Cl)co2)n1. The van der Waals surface area contributed by atoms with Crippen LogP contribution in [0.4, 0.5) is 0 Å².